The number of anilines is 1. The lowest BCUT2D eigenvalue weighted by atomic mass is 10.1. The summed E-state index contributed by atoms with van der Waals surface area (Å²) in [5, 5.41) is 0.714. The highest BCUT2D eigenvalue weighted by molar-refractivity contribution is 9.08. The highest BCUT2D eigenvalue weighted by Crippen LogP contribution is 2.39. The van der Waals surface area contributed by atoms with Crippen LogP contribution in [-0.4, -0.2) is 21.2 Å². The fraction of sp³-hybridized carbons (Fsp3) is 0.529. The predicted octanol–water partition coefficient (Wildman–Crippen LogP) is 4.43. The van der Waals surface area contributed by atoms with Gasteiger partial charge in [0, 0.05) is 11.9 Å². The van der Waals surface area contributed by atoms with E-state index in [1.54, 1.807) is 0 Å². The number of allylic oxidation sites excluding steroid dienone is 1. The van der Waals surface area contributed by atoms with Gasteiger partial charge in [-0.05, 0) is 47.9 Å². The summed E-state index contributed by atoms with van der Waals surface area (Å²) in [5.74, 6) is 1.46. The van der Waals surface area contributed by atoms with E-state index in [2.05, 4.69) is 41.1 Å². The van der Waals surface area contributed by atoms with Gasteiger partial charge in [-0.3, -0.25) is 4.31 Å². The van der Waals surface area contributed by atoms with Crippen LogP contribution in [0.4, 0.5) is 5.69 Å². The number of hydrogen-bond acceptors (Lipinski definition) is 2. The maximum atomic E-state index is 12.0. The maximum Gasteiger partial charge on any atom is 0.232 e. The van der Waals surface area contributed by atoms with E-state index in [1.165, 1.54) is 17.0 Å². The molecule has 0 heterocycles. The third-order valence-corrected chi connectivity index (χ3v) is 5.82. The van der Waals surface area contributed by atoms with E-state index in [0.29, 0.717) is 17.8 Å². The standard InChI is InChI=1S/C17H24BrNO2S/c1-4-7-19(22(3,20)21)17-10-14(9-15(11-17)12-18)5-6-16-8-13(16)2/h5-6,9-11,13,16H,4,7-8,12H2,1-3H3. The molecule has 22 heavy (non-hydrogen) atoms. The largest absolute Gasteiger partial charge is 0.270 e. The molecule has 0 spiro atoms. The summed E-state index contributed by atoms with van der Waals surface area (Å²) in [6.07, 6.45) is 7.68. The molecule has 0 aromatic heterocycles. The molecular formula is C17H24BrNO2S. The summed E-state index contributed by atoms with van der Waals surface area (Å²) < 4.78 is 25.6. The molecule has 0 amide bonds. The Hall–Kier alpha value is -0.810. The topological polar surface area (TPSA) is 37.4 Å². The third-order valence-electron chi connectivity index (χ3n) is 3.98. The molecule has 0 bridgehead atoms. The molecule has 1 aliphatic carbocycles. The van der Waals surface area contributed by atoms with Gasteiger partial charge in [-0.1, -0.05) is 48.0 Å². The van der Waals surface area contributed by atoms with Crippen molar-refractivity contribution < 1.29 is 8.42 Å². The molecule has 2 atom stereocenters. The van der Waals surface area contributed by atoms with Gasteiger partial charge in [-0.15, -0.1) is 0 Å². The van der Waals surface area contributed by atoms with Crippen LogP contribution in [0.5, 0.6) is 0 Å². The first kappa shape index (κ1) is 17.5. The second kappa shape index (κ2) is 7.18. The Labute approximate surface area is 142 Å². The van der Waals surface area contributed by atoms with Gasteiger partial charge in [-0.25, -0.2) is 8.42 Å². The number of sulfonamides is 1. The average Bonchev–Trinajstić information content (AvgIpc) is 3.16. The molecule has 3 nitrogen and oxygen atoms in total. The molecule has 1 aromatic carbocycles. The normalized spacial score (nSPS) is 21.3. The van der Waals surface area contributed by atoms with Gasteiger partial charge in [-0.2, -0.15) is 0 Å². The van der Waals surface area contributed by atoms with Crippen LogP contribution in [0, 0.1) is 11.8 Å². The second-order valence-corrected chi connectivity index (χ2v) is 8.61. The molecule has 0 radical (unpaired) electrons. The van der Waals surface area contributed by atoms with E-state index in [4.69, 9.17) is 0 Å². The number of rotatable bonds is 7. The van der Waals surface area contributed by atoms with Crippen molar-refractivity contribution in [2.24, 2.45) is 11.8 Å². The molecule has 1 aromatic rings. The molecule has 1 aliphatic rings. The molecule has 0 aliphatic heterocycles. The molecule has 1 saturated carbocycles. The Bertz CT molecular complexity index is 655. The summed E-state index contributed by atoms with van der Waals surface area (Å²) in [7, 11) is -3.26. The van der Waals surface area contributed by atoms with E-state index in [9.17, 15) is 8.42 Å². The van der Waals surface area contributed by atoms with Crippen molar-refractivity contribution in [1.29, 1.82) is 0 Å². The zero-order chi connectivity index (χ0) is 16.3. The average molecular weight is 386 g/mol. The SMILES string of the molecule is CCCN(c1cc(C=CC2CC2C)cc(CBr)c1)S(C)(=O)=O. The number of nitrogens with zero attached hydrogens (tertiary/aromatic N) is 1. The van der Waals surface area contributed by atoms with Crippen LogP contribution < -0.4 is 4.31 Å². The lowest BCUT2D eigenvalue weighted by molar-refractivity contribution is 0.596. The van der Waals surface area contributed by atoms with Crippen LogP contribution in [0.25, 0.3) is 6.08 Å². The molecule has 1 fully saturated rings. The molecule has 2 unspecified atom stereocenters. The van der Waals surface area contributed by atoms with Gasteiger partial charge >= 0.3 is 0 Å². The van der Waals surface area contributed by atoms with Crippen molar-refractivity contribution in [3.05, 3.63) is 35.4 Å². The lowest BCUT2D eigenvalue weighted by Gasteiger charge is -2.22. The van der Waals surface area contributed by atoms with Gasteiger partial charge in [0.25, 0.3) is 0 Å². The minimum Gasteiger partial charge on any atom is -0.270 e. The fourth-order valence-corrected chi connectivity index (χ4v) is 3.89. The number of benzene rings is 1. The smallest absolute Gasteiger partial charge is 0.232 e. The van der Waals surface area contributed by atoms with Crippen molar-refractivity contribution in [2.45, 2.75) is 32.0 Å². The monoisotopic (exact) mass is 385 g/mol. The molecule has 0 saturated heterocycles. The Balaban J connectivity index is 2.35. The van der Waals surface area contributed by atoms with Crippen LogP contribution >= 0.6 is 15.9 Å². The highest BCUT2D eigenvalue weighted by atomic mass is 79.9. The van der Waals surface area contributed by atoms with E-state index >= 15 is 0 Å². The summed E-state index contributed by atoms with van der Waals surface area (Å²) in [6, 6.07) is 6.02. The number of halogens is 1. The molecule has 2 rings (SSSR count). The van der Waals surface area contributed by atoms with Gasteiger partial charge in [0.15, 0.2) is 0 Å². The molecule has 0 N–H and O–H groups in total. The minimum atomic E-state index is -3.26. The van der Waals surface area contributed by atoms with Gasteiger partial charge in [0.1, 0.15) is 0 Å². The van der Waals surface area contributed by atoms with Crippen molar-refractivity contribution in [2.75, 3.05) is 17.1 Å². The molecule has 5 heteroatoms. The summed E-state index contributed by atoms with van der Waals surface area (Å²) in [5.41, 5.74) is 2.91. The van der Waals surface area contributed by atoms with Crippen LogP contribution in [0.15, 0.2) is 24.3 Å². The molecular weight excluding hydrogens is 362 g/mol. The first-order valence-electron chi connectivity index (χ1n) is 7.71. The van der Waals surface area contributed by atoms with Gasteiger partial charge < -0.3 is 0 Å². The van der Waals surface area contributed by atoms with E-state index < -0.39 is 10.0 Å². The molecule has 122 valence electrons. The van der Waals surface area contributed by atoms with Crippen molar-refractivity contribution in [3.8, 4) is 0 Å². The zero-order valence-corrected chi connectivity index (χ0v) is 15.8. The van der Waals surface area contributed by atoms with Crippen molar-refractivity contribution in [3.63, 3.8) is 0 Å². The van der Waals surface area contributed by atoms with Crippen LogP contribution in [0.3, 0.4) is 0 Å². The Morgan fingerprint density at radius 1 is 1.36 bits per heavy atom. The van der Waals surface area contributed by atoms with Gasteiger partial charge in [0.2, 0.25) is 10.0 Å². The van der Waals surface area contributed by atoms with E-state index in [1.807, 2.05) is 19.1 Å². The van der Waals surface area contributed by atoms with Crippen molar-refractivity contribution >= 4 is 37.7 Å². The fourth-order valence-electron chi connectivity index (χ4n) is 2.56. The van der Waals surface area contributed by atoms with E-state index in [0.717, 1.165) is 29.2 Å². The lowest BCUT2D eigenvalue weighted by Crippen LogP contribution is -2.30. The quantitative estimate of drug-likeness (QED) is 0.651. The van der Waals surface area contributed by atoms with Crippen LogP contribution in [-0.2, 0) is 15.4 Å². The second-order valence-electron chi connectivity index (χ2n) is 6.14. The first-order valence-corrected chi connectivity index (χ1v) is 10.7. The first-order chi connectivity index (χ1) is 10.3. The minimum absolute atomic E-state index is 0.507. The Kier molecular flexibility index (Phi) is 5.72. The highest BCUT2D eigenvalue weighted by Gasteiger charge is 2.29. The number of hydrogen-bond donors (Lipinski definition) is 0. The van der Waals surface area contributed by atoms with Crippen LogP contribution in [0.2, 0.25) is 0 Å². The summed E-state index contributed by atoms with van der Waals surface area (Å²) in [4.78, 5) is 0. The van der Waals surface area contributed by atoms with Crippen molar-refractivity contribution in [1.82, 2.24) is 0 Å². The Morgan fingerprint density at radius 2 is 2.05 bits per heavy atom. The van der Waals surface area contributed by atoms with E-state index in [-0.39, 0.29) is 0 Å². The Morgan fingerprint density at radius 3 is 2.55 bits per heavy atom. The maximum absolute atomic E-state index is 12.0. The summed E-state index contributed by atoms with van der Waals surface area (Å²) >= 11 is 3.47. The third kappa shape index (κ3) is 4.59. The van der Waals surface area contributed by atoms with Gasteiger partial charge in [0.05, 0.1) is 11.9 Å². The summed E-state index contributed by atoms with van der Waals surface area (Å²) in [6.45, 7) is 4.75. The number of alkyl halides is 1. The van der Waals surface area contributed by atoms with Crippen LogP contribution in [0.1, 0.15) is 37.8 Å². The predicted molar refractivity (Wildman–Crippen MR) is 97.9 cm³/mol. The zero-order valence-electron chi connectivity index (χ0n) is 13.4.